The summed E-state index contributed by atoms with van der Waals surface area (Å²) in [6.45, 7) is 2.37. The summed E-state index contributed by atoms with van der Waals surface area (Å²) in [5, 5.41) is 1.38. The van der Waals surface area contributed by atoms with Crippen molar-refractivity contribution in [1.29, 1.82) is 0 Å². The van der Waals surface area contributed by atoms with Crippen molar-refractivity contribution < 1.29 is 4.79 Å². The minimum Gasteiger partial charge on any atom is -0.311 e. The normalized spacial score (nSPS) is 20.2. The summed E-state index contributed by atoms with van der Waals surface area (Å²) in [5.41, 5.74) is 3.34. The van der Waals surface area contributed by atoms with Gasteiger partial charge < -0.3 is 4.90 Å². The molecule has 26 heavy (non-hydrogen) atoms. The summed E-state index contributed by atoms with van der Waals surface area (Å²) in [6, 6.07) is 13.7. The monoisotopic (exact) mass is 388 g/mol. The molecule has 0 bridgehead atoms. The molecule has 1 amide bonds. The largest absolute Gasteiger partial charge is 0.311 e. The first kappa shape index (κ1) is 17.8. The molecule has 5 heteroatoms. The molecule has 1 fully saturated rings. The van der Waals surface area contributed by atoms with Crippen LogP contribution in [0.5, 0.6) is 0 Å². The van der Waals surface area contributed by atoms with Gasteiger partial charge in [-0.25, -0.2) is 0 Å². The molecule has 1 unspecified atom stereocenters. The van der Waals surface area contributed by atoms with Crippen molar-refractivity contribution in [1.82, 2.24) is 4.90 Å². The number of benzene rings is 2. The van der Waals surface area contributed by atoms with Crippen molar-refractivity contribution in [2.45, 2.75) is 38.3 Å². The van der Waals surface area contributed by atoms with Crippen LogP contribution >= 0.6 is 23.2 Å². The van der Waals surface area contributed by atoms with Crippen LogP contribution in [-0.2, 0) is 17.8 Å². The SMILES string of the molecule is O=C(C1CCCN1Cc1cc(Cl)ccc1Cl)N1CCCc2ccccc21. The molecule has 0 spiro atoms. The number of likely N-dealkylation sites (tertiary alicyclic amines) is 1. The van der Waals surface area contributed by atoms with Crippen molar-refractivity contribution in [3.8, 4) is 0 Å². The summed E-state index contributed by atoms with van der Waals surface area (Å²) in [7, 11) is 0. The molecule has 1 saturated heterocycles. The lowest BCUT2D eigenvalue weighted by Crippen LogP contribution is -2.47. The van der Waals surface area contributed by atoms with Gasteiger partial charge in [0.15, 0.2) is 0 Å². The summed E-state index contributed by atoms with van der Waals surface area (Å²) < 4.78 is 0. The van der Waals surface area contributed by atoms with Crippen molar-refractivity contribution in [2.24, 2.45) is 0 Å². The summed E-state index contributed by atoms with van der Waals surface area (Å²) in [6.07, 6.45) is 4.00. The zero-order valence-electron chi connectivity index (χ0n) is 14.6. The van der Waals surface area contributed by atoms with Crippen LogP contribution in [0.1, 0.15) is 30.4 Å². The molecule has 2 heterocycles. The highest BCUT2D eigenvalue weighted by Crippen LogP contribution is 2.31. The van der Waals surface area contributed by atoms with Crippen molar-refractivity contribution in [3.05, 3.63) is 63.6 Å². The molecule has 0 N–H and O–H groups in total. The Morgan fingerprint density at radius 3 is 2.81 bits per heavy atom. The molecule has 0 aromatic heterocycles. The molecule has 2 aromatic rings. The van der Waals surface area contributed by atoms with Gasteiger partial charge in [-0.1, -0.05) is 41.4 Å². The lowest BCUT2D eigenvalue weighted by Gasteiger charge is -2.34. The van der Waals surface area contributed by atoms with Crippen LogP contribution in [0.4, 0.5) is 5.69 Å². The lowest BCUT2D eigenvalue weighted by molar-refractivity contribution is -0.123. The van der Waals surface area contributed by atoms with Crippen molar-refractivity contribution >= 4 is 34.8 Å². The number of carbonyl (C=O) groups excluding carboxylic acids is 1. The number of anilines is 1. The van der Waals surface area contributed by atoms with E-state index in [9.17, 15) is 4.79 Å². The lowest BCUT2D eigenvalue weighted by atomic mass is 10.0. The van der Waals surface area contributed by atoms with Gasteiger partial charge in [-0.15, -0.1) is 0 Å². The molecule has 2 aliphatic rings. The molecule has 0 aliphatic carbocycles. The van der Waals surface area contributed by atoms with Gasteiger partial charge in [-0.2, -0.15) is 0 Å². The number of hydrogen-bond acceptors (Lipinski definition) is 2. The molecule has 0 saturated carbocycles. The molecule has 2 aromatic carbocycles. The summed E-state index contributed by atoms with van der Waals surface area (Å²) in [5.74, 6) is 0.216. The third-order valence-corrected chi connectivity index (χ3v) is 6.01. The van der Waals surface area contributed by atoms with E-state index < -0.39 is 0 Å². The third kappa shape index (κ3) is 3.48. The van der Waals surface area contributed by atoms with Crippen molar-refractivity contribution in [3.63, 3.8) is 0 Å². The van der Waals surface area contributed by atoms with Gasteiger partial charge in [0.1, 0.15) is 0 Å². The van der Waals surface area contributed by atoms with Gasteiger partial charge in [0.25, 0.3) is 0 Å². The number of para-hydroxylation sites is 1. The van der Waals surface area contributed by atoms with Gasteiger partial charge >= 0.3 is 0 Å². The number of nitrogens with zero attached hydrogens (tertiary/aromatic N) is 2. The third-order valence-electron chi connectivity index (χ3n) is 5.41. The highest BCUT2D eigenvalue weighted by atomic mass is 35.5. The predicted molar refractivity (Wildman–Crippen MR) is 107 cm³/mol. The molecule has 4 rings (SSSR count). The Balaban J connectivity index is 1.55. The highest BCUT2D eigenvalue weighted by molar-refractivity contribution is 6.33. The smallest absolute Gasteiger partial charge is 0.244 e. The molecular weight excluding hydrogens is 367 g/mol. The Hall–Kier alpha value is -1.55. The van der Waals surface area contributed by atoms with Crippen molar-refractivity contribution in [2.75, 3.05) is 18.0 Å². The Labute approximate surface area is 164 Å². The van der Waals surface area contributed by atoms with E-state index in [-0.39, 0.29) is 11.9 Å². The van der Waals surface area contributed by atoms with Crippen LogP contribution in [-0.4, -0.2) is 29.9 Å². The Bertz CT molecular complexity index is 823. The molecule has 0 radical (unpaired) electrons. The maximum atomic E-state index is 13.3. The fourth-order valence-corrected chi connectivity index (χ4v) is 4.49. The van der Waals surface area contributed by atoms with E-state index in [1.54, 1.807) is 6.07 Å². The average Bonchev–Trinajstić information content (AvgIpc) is 3.12. The van der Waals surface area contributed by atoms with Gasteiger partial charge in [0, 0.05) is 28.8 Å². The number of carbonyl (C=O) groups is 1. The quantitative estimate of drug-likeness (QED) is 0.743. The number of hydrogen-bond donors (Lipinski definition) is 0. The van der Waals surface area contributed by atoms with Crippen LogP contribution < -0.4 is 4.90 Å². The van der Waals surface area contributed by atoms with E-state index in [0.717, 1.165) is 50.0 Å². The second-order valence-corrected chi connectivity index (χ2v) is 7.93. The number of halogens is 2. The zero-order valence-corrected chi connectivity index (χ0v) is 16.1. The average molecular weight is 389 g/mol. The van der Waals surface area contributed by atoms with E-state index in [2.05, 4.69) is 23.1 Å². The maximum absolute atomic E-state index is 13.3. The zero-order chi connectivity index (χ0) is 18.1. The predicted octanol–water partition coefficient (Wildman–Crippen LogP) is 4.94. The first-order chi connectivity index (χ1) is 12.6. The number of amides is 1. The van der Waals surface area contributed by atoms with Gasteiger partial charge in [0.05, 0.1) is 6.04 Å². The van der Waals surface area contributed by atoms with Crippen LogP contribution in [0.15, 0.2) is 42.5 Å². The fraction of sp³-hybridized carbons (Fsp3) is 0.381. The van der Waals surface area contributed by atoms with Gasteiger partial charge in [0.2, 0.25) is 5.91 Å². The van der Waals surface area contributed by atoms with Crippen LogP contribution in [0, 0.1) is 0 Å². The van der Waals surface area contributed by atoms with Crippen LogP contribution in [0.25, 0.3) is 0 Å². The Kier molecular flexibility index (Phi) is 5.21. The Morgan fingerprint density at radius 1 is 1.08 bits per heavy atom. The van der Waals surface area contributed by atoms with E-state index in [4.69, 9.17) is 23.2 Å². The van der Waals surface area contributed by atoms with E-state index >= 15 is 0 Å². The summed E-state index contributed by atoms with van der Waals surface area (Å²) in [4.78, 5) is 17.6. The van der Waals surface area contributed by atoms with Gasteiger partial charge in [-0.3, -0.25) is 9.69 Å². The first-order valence-electron chi connectivity index (χ1n) is 9.21. The minimum absolute atomic E-state index is 0.0868. The molecule has 1 atom stereocenters. The minimum atomic E-state index is -0.0868. The fourth-order valence-electron chi connectivity index (χ4n) is 4.12. The molecule has 136 valence electrons. The number of rotatable bonds is 3. The maximum Gasteiger partial charge on any atom is 0.244 e. The van der Waals surface area contributed by atoms with E-state index in [1.807, 2.05) is 23.1 Å². The second-order valence-electron chi connectivity index (χ2n) is 7.09. The summed E-state index contributed by atoms with van der Waals surface area (Å²) >= 11 is 12.5. The standard InChI is InChI=1S/C21H22Cl2N2O/c22-17-9-10-18(23)16(13-17)14-24-11-4-8-20(24)21(26)25-12-3-6-15-5-1-2-7-19(15)25/h1-2,5,7,9-10,13,20H,3-4,6,8,11-12,14H2. The van der Waals surface area contributed by atoms with Gasteiger partial charge in [-0.05, 0) is 67.6 Å². The number of aryl methyl sites for hydroxylation is 1. The molecule has 3 nitrogen and oxygen atoms in total. The second kappa shape index (κ2) is 7.59. The molecule has 2 aliphatic heterocycles. The molecular formula is C21H22Cl2N2O. The topological polar surface area (TPSA) is 23.6 Å². The van der Waals surface area contributed by atoms with Crippen LogP contribution in [0.2, 0.25) is 10.0 Å². The highest BCUT2D eigenvalue weighted by Gasteiger charge is 2.35. The van der Waals surface area contributed by atoms with E-state index in [0.29, 0.717) is 16.6 Å². The first-order valence-corrected chi connectivity index (χ1v) is 9.96. The van der Waals surface area contributed by atoms with Crippen LogP contribution in [0.3, 0.4) is 0 Å². The Morgan fingerprint density at radius 2 is 1.92 bits per heavy atom. The van der Waals surface area contributed by atoms with E-state index in [1.165, 1.54) is 5.56 Å². The number of fused-ring (bicyclic) bond motifs is 1.